The number of hydrogen-bond donors (Lipinski definition) is 7. The largest absolute Gasteiger partial charge is 0.394 e. The van der Waals surface area contributed by atoms with Crippen LogP contribution in [0.25, 0.3) is 0 Å². The molecule has 0 aromatic carbocycles. The maximum absolute atomic E-state index is 12.2. The molecule has 4 saturated carbocycles. The summed E-state index contributed by atoms with van der Waals surface area (Å²) in [6.07, 6.45) is -2.57. The minimum absolute atomic E-state index is 0.0189. The Bertz CT molecular complexity index is 1140. The van der Waals surface area contributed by atoms with Crippen LogP contribution in [0.15, 0.2) is 0 Å². The van der Waals surface area contributed by atoms with Gasteiger partial charge in [-0.3, -0.25) is 0 Å². The number of fused-ring (bicyclic) bond motifs is 5. The fourth-order valence-corrected chi connectivity index (χ4v) is 12.7. The van der Waals surface area contributed by atoms with Gasteiger partial charge < -0.3 is 50.0 Å². The average Bonchev–Trinajstić information content (AvgIpc) is 3.55. The lowest BCUT2D eigenvalue weighted by atomic mass is 9.34. The smallest absolute Gasteiger partial charge is 0.186 e. The number of hydrogen-bond acceptors (Lipinski definition) is 10. The van der Waals surface area contributed by atoms with Crippen LogP contribution in [0, 0.1) is 45.3 Å². The van der Waals surface area contributed by atoms with Crippen molar-refractivity contribution in [1.82, 2.24) is 0 Å². The Kier molecular flexibility index (Phi) is 8.71. The molecule has 17 atom stereocenters. The molecule has 6 rings (SSSR count). The third-order valence-electron chi connectivity index (χ3n) is 15.3. The summed E-state index contributed by atoms with van der Waals surface area (Å²) in [6.45, 7) is 16.4. The predicted octanol–water partition coefficient (Wildman–Crippen LogP) is 2.51. The summed E-state index contributed by atoms with van der Waals surface area (Å²) >= 11 is 0. The van der Waals surface area contributed by atoms with Crippen LogP contribution in [-0.4, -0.2) is 109 Å². The van der Waals surface area contributed by atoms with Crippen molar-refractivity contribution in [2.75, 3.05) is 6.61 Å². The SMILES string of the molecule is CC(C)(O)C1CC[C@@](C)([C@@H]2CC[C@]3(C)[C@H]2C(O)C[C@@H]2[C@]4(C)CCC(O)C(C)(C)[C@H]4C(O[C@H]4OC(CO)C(O)C(O)C4O)C[C@@]23C)O1. The van der Waals surface area contributed by atoms with Crippen molar-refractivity contribution in [2.24, 2.45) is 45.3 Å². The van der Waals surface area contributed by atoms with Gasteiger partial charge in [-0.1, -0.05) is 34.6 Å². The molecular weight excluding hydrogens is 592 g/mol. The molecule has 0 aromatic heterocycles. The lowest BCUT2D eigenvalue weighted by Gasteiger charge is -2.72. The van der Waals surface area contributed by atoms with E-state index in [4.69, 9.17) is 14.2 Å². The topological polar surface area (TPSA) is 169 Å². The van der Waals surface area contributed by atoms with E-state index in [-0.39, 0.29) is 46.0 Å². The van der Waals surface area contributed by atoms with Gasteiger partial charge in [0, 0.05) is 0 Å². The average molecular weight is 655 g/mol. The molecule has 2 saturated heterocycles. The van der Waals surface area contributed by atoms with Crippen LogP contribution >= 0.6 is 0 Å². The van der Waals surface area contributed by atoms with Crippen molar-refractivity contribution in [2.45, 2.75) is 173 Å². The lowest BCUT2D eigenvalue weighted by molar-refractivity contribution is -0.347. The first-order valence-corrected chi connectivity index (χ1v) is 17.9. The summed E-state index contributed by atoms with van der Waals surface area (Å²) in [4.78, 5) is 0. The molecule has 2 heterocycles. The molecule has 10 nitrogen and oxygen atoms in total. The lowest BCUT2D eigenvalue weighted by Crippen LogP contribution is -2.71. The Morgan fingerprint density at radius 3 is 2.11 bits per heavy atom. The van der Waals surface area contributed by atoms with Crippen molar-refractivity contribution in [1.29, 1.82) is 0 Å². The zero-order valence-corrected chi connectivity index (χ0v) is 29.2. The Hall–Kier alpha value is -0.400. The van der Waals surface area contributed by atoms with Crippen LogP contribution in [0.1, 0.15) is 107 Å². The molecule has 2 aliphatic heterocycles. The maximum atomic E-state index is 12.2. The first-order valence-electron chi connectivity index (χ1n) is 17.9. The van der Waals surface area contributed by atoms with Crippen LogP contribution in [0.3, 0.4) is 0 Å². The Morgan fingerprint density at radius 2 is 1.50 bits per heavy atom. The fraction of sp³-hybridized carbons (Fsp3) is 1.00. The monoisotopic (exact) mass is 654 g/mol. The second-order valence-electron chi connectivity index (χ2n) is 18.4. The number of aliphatic hydroxyl groups is 7. The van der Waals surface area contributed by atoms with E-state index in [1.165, 1.54) is 0 Å². The minimum atomic E-state index is -1.54. The van der Waals surface area contributed by atoms with Crippen molar-refractivity contribution in [3.63, 3.8) is 0 Å². The highest BCUT2D eigenvalue weighted by Gasteiger charge is 2.74. The minimum Gasteiger partial charge on any atom is -0.394 e. The summed E-state index contributed by atoms with van der Waals surface area (Å²) < 4.78 is 19.4. The Labute approximate surface area is 274 Å². The second kappa shape index (κ2) is 11.3. The van der Waals surface area contributed by atoms with Crippen molar-refractivity contribution < 1.29 is 50.0 Å². The van der Waals surface area contributed by atoms with E-state index in [0.29, 0.717) is 19.3 Å². The predicted molar refractivity (Wildman–Crippen MR) is 169 cm³/mol. The molecule has 46 heavy (non-hydrogen) atoms. The maximum Gasteiger partial charge on any atom is 0.186 e. The van der Waals surface area contributed by atoms with Gasteiger partial charge in [0.2, 0.25) is 0 Å². The number of ether oxygens (including phenoxy) is 3. The molecule has 0 aromatic rings. The fourth-order valence-electron chi connectivity index (χ4n) is 12.7. The molecule has 0 amide bonds. The van der Waals surface area contributed by atoms with Crippen LogP contribution in [0.4, 0.5) is 0 Å². The summed E-state index contributed by atoms with van der Waals surface area (Å²) in [6, 6.07) is 0. The van der Waals surface area contributed by atoms with E-state index in [9.17, 15) is 35.7 Å². The van der Waals surface area contributed by atoms with Gasteiger partial charge in [0.25, 0.3) is 0 Å². The summed E-state index contributed by atoms with van der Waals surface area (Å²) in [5, 5.41) is 76.4. The molecule has 4 aliphatic carbocycles. The summed E-state index contributed by atoms with van der Waals surface area (Å²) in [7, 11) is 0. The highest BCUT2D eigenvalue weighted by Crippen LogP contribution is 2.76. The van der Waals surface area contributed by atoms with E-state index in [1.807, 2.05) is 0 Å². The zero-order chi connectivity index (χ0) is 34.0. The standard InChI is InChI=1S/C36H62O10/c1-31(2)23(39)10-12-33(5)22-15-19(38)25-18(36(8)14-11-24(46-36)32(3,4)43)9-13-34(25,6)35(22,7)16-20(29(31)33)44-30-28(42)27(41)26(40)21(17-37)45-30/h18-30,37-43H,9-17H2,1-8H3/t18-,19?,20?,21?,22-,23?,24?,25-,26?,27?,28?,29-,30+,33+,34-,35+,36+/m1/s1. The van der Waals surface area contributed by atoms with E-state index in [2.05, 4.69) is 41.5 Å². The zero-order valence-electron chi connectivity index (χ0n) is 29.2. The van der Waals surface area contributed by atoms with E-state index >= 15 is 0 Å². The highest BCUT2D eigenvalue weighted by atomic mass is 16.7. The normalized spacial score (nSPS) is 57.1. The second-order valence-corrected chi connectivity index (χ2v) is 18.4. The molecule has 0 bridgehead atoms. The molecule has 0 radical (unpaired) electrons. The first-order chi connectivity index (χ1) is 21.2. The van der Waals surface area contributed by atoms with Gasteiger partial charge >= 0.3 is 0 Å². The molecule has 7 N–H and O–H groups in total. The molecule has 8 unspecified atom stereocenters. The molecule has 0 spiro atoms. The first kappa shape index (κ1) is 35.4. The van der Waals surface area contributed by atoms with Crippen molar-refractivity contribution in [3.8, 4) is 0 Å². The van der Waals surface area contributed by atoms with Crippen LogP contribution < -0.4 is 0 Å². The van der Waals surface area contributed by atoms with Crippen LogP contribution in [0.5, 0.6) is 0 Å². The molecule has 10 heteroatoms. The van der Waals surface area contributed by atoms with Gasteiger partial charge in [0.1, 0.15) is 24.4 Å². The van der Waals surface area contributed by atoms with Gasteiger partial charge in [-0.05, 0) is 117 Å². The van der Waals surface area contributed by atoms with Crippen LogP contribution in [-0.2, 0) is 14.2 Å². The molecule has 266 valence electrons. The number of aliphatic hydroxyl groups excluding tert-OH is 6. The molecule has 6 fully saturated rings. The summed E-state index contributed by atoms with van der Waals surface area (Å²) in [5.41, 5.74) is -2.83. The van der Waals surface area contributed by atoms with Gasteiger partial charge in [-0.25, -0.2) is 0 Å². The van der Waals surface area contributed by atoms with E-state index in [1.54, 1.807) is 13.8 Å². The van der Waals surface area contributed by atoms with Crippen molar-refractivity contribution >= 4 is 0 Å². The van der Waals surface area contributed by atoms with Gasteiger partial charge in [0.15, 0.2) is 6.29 Å². The van der Waals surface area contributed by atoms with Gasteiger partial charge in [-0.15, -0.1) is 0 Å². The highest BCUT2D eigenvalue weighted by molar-refractivity contribution is 5.22. The van der Waals surface area contributed by atoms with Gasteiger partial charge in [0.05, 0.1) is 42.2 Å². The third kappa shape index (κ3) is 4.94. The molecule has 6 aliphatic rings. The molecular formula is C36H62O10. The quantitative estimate of drug-likeness (QED) is 0.219. The summed E-state index contributed by atoms with van der Waals surface area (Å²) in [5.74, 6) is 0.0944. The number of rotatable bonds is 5. The third-order valence-corrected chi connectivity index (χ3v) is 15.3. The Morgan fingerprint density at radius 1 is 0.826 bits per heavy atom. The van der Waals surface area contributed by atoms with Crippen molar-refractivity contribution in [3.05, 3.63) is 0 Å². The Balaban J connectivity index is 1.38. The van der Waals surface area contributed by atoms with Crippen LogP contribution in [0.2, 0.25) is 0 Å². The van der Waals surface area contributed by atoms with E-state index in [0.717, 1.165) is 32.1 Å². The van der Waals surface area contributed by atoms with Gasteiger partial charge in [-0.2, -0.15) is 0 Å². The van der Waals surface area contributed by atoms with E-state index < -0.39 is 72.2 Å².